The smallest absolute Gasteiger partial charge is 0.416 e. The van der Waals surface area contributed by atoms with Crippen molar-refractivity contribution in [3.05, 3.63) is 71.0 Å². The molecular weight excluding hydrogens is 549 g/mol. The van der Waals surface area contributed by atoms with Gasteiger partial charge in [-0.1, -0.05) is 17.9 Å². The first-order valence-electron chi connectivity index (χ1n) is 13.0. The van der Waals surface area contributed by atoms with Crippen LogP contribution in [0.4, 0.5) is 24.7 Å². The molecule has 3 aromatic heterocycles. The number of fused-ring (bicyclic) bond motifs is 1. The summed E-state index contributed by atoms with van der Waals surface area (Å²) in [5, 5.41) is 12.8. The van der Waals surface area contributed by atoms with Gasteiger partial charge in [0.1, 0.15) is 5.82 Å². The van der Waals surface area contributed by atoms with Gasteiger partial charge in [-0.15, -0.1) is 5.10 Å². The van der Waals surface area contributed by atoms with Crippen molar-refractivity contribution >= 4 is 28.9 Å². The fraction of sp³-hybridized carbons (Fsp3) is 0.310. The number of amides is 1. The number of halogens is 3. The molecule has 0 radical (unpaired) electrons. The maximum Gasteiger partial charge on any atom is 0.416 e. The van der Waals surface area contributed by atoms with Crippen molar-refractivity contribution in [2.45, 2.75) is 12.7 Å². The molecule has 0 atom stereocenters. The van der Waals surface area contributed by atoms with E-state index in [1.807, 2.05) is 13.1 Å². The van der Waals surface area contributed by atoms with Crippen molar-refractivity contribution in [3.8, 4) is 17.7 Å². The molecule has 5 rings (SSSR count). The van der Waals surface area contributed by atoms with Crippen LogP contribution in [0.15, 0.2) is 48.8 Å². The monoisotopic (exact) mass is 580 g/mol. The number of carbonyl (C=O) groups excluding carboxylic acids is 1. The molecule has 1 aromatic carbocycles. The zero-order chi connectivity index (χ0) is 30.1. The molecule has 10 nitrogen and oxygen atoms in total. The van der Waals surface area contributed by atoms with Crippen molar-refractivity contribution in [1.82, 2.24) is 30.0 Å². The molecule has 0 spiro atoms. The Morgan fingerprint density at radius 1 is 1.07 bits per heavy atom. The van der Waals surface area contributed by atoms with Crippen molar-refractivity contribution in [1.29, 1.82) is 0 Å². The molecule has 0 aliphatic carbocycles. The molecule has 1 fully saturated rings. The molecule has 1 aliphatic rings. The summed E-state index contributed by atoms with van der Waals surface area (Å²) in [5.41, 5.74) is 2.40. The topological polar surface area (TPSA) is 111 Å². The molecular formula is C29H31F3N8O2. The normalized spacial score (nSPS) is 13.9. The molecule has 220 valence electrons. The first-order valence-corrected chi connectivity index (χ1v) is 13.0. The van der Waals surface area contributed by atoms with E-state index in [4.69, 9.17) is 4.74 Å². The van der Waals surface area contributed by atoms with Gasteiger partial charge in [0.15, 0.2) is 5.65 Å². The Kier molecular flexibility index (Phi) is 9.95. The number of benzene rings is 1. The standard InChI is InChI=1S/C15H11N5O2.C14H20F3N3/c1-22-15-12-6-11(8-17-14(12)19-20-15)3-2-10-4-5-16-13(7-10)18-9-21;1-18-12-4-3-11(13(9-12)14(15,16)17)10-20-7-5-19(2)6-8-20/h4-9H,1H3,(H,16,18,21)(H,17,19,20);3-4,9,18H,5-8,10H2,1-2H3. The SMILES string of the molecule is CNc1ccc(CN2CCN(C)CC2)c(C(F)(F)F)c1.COc1n[nH]c2ncc(C#Cc3ccnc(NC=O)c3)cc12. The highest BCUT2D eigenvalue weighted by atomic mass is 19.4. The van der Waals surface area contributed by atoms with E-state index in [-0.39, 0.29) is 0 Å². The maximum atomic E-state index is 13.1. The average molecular weight is 581 g/mol. The lowest BCUT2D eigenvalue weighted by atomic mass is 10.0. The van der Waals surface area contributed by atoms with E-state index in [9.17, 15) is 18.0 Å². The van der Waals surface area contributed by atoms with E-state index >= 15 is 0 Å². The summed E-state index contributed by atoms with van der Waals surface area (Å²) in [6.45, 7) is 3.77. The van der Waals surface area contributed by atoms with Gasteiger partial charge in [0, 0.05) is 69.0 Å². The number of ether oxygens (including phenoxy) is 1. The Morgan fingerprint density at radius 2 is 1.83 bits per heavy atom. The third kappa shape index (κ3) is 7.96. The van der Waals surface area contributed by atoms with E-state index in [1.54, 1.807) is 50.8 Å². The minimum Gasteiger partial charge on any atom is -0.479 e. The van der Waals surface area contributed by atoms with Gasteiger partial charge in [-0.25, -0.2) is 9.97 Å². The van der Waals surface area contributed by atoms with Crippen LogP contribution in [0.2, 0.25) is 0 Å². The quantitative estimate of drug-likeness (QED) is 0.233. The van der Waals surface area contributed by atoms with E-state index in [0.29, 0.717) is 41.6 Å². The van der Waals surface area contributed by atoms with Crippen LogP contribution in [-0.4, -0.2) is 83.8 Å². The number of hydrogen-bond acceptors (Lipinski definition) is 8. The van der Waals surface area contributed by atoms with Crippen molar-refractivity contribution in [2.24, 2.45) is 0 Å². The van der Waals surface area contributed by atoms with Gasteiger partial charge >= 0.3 is 6.18 Å². The maximum absolute atomic E-state index is 13.1. The Morgan fingerprint density at radius 3 is 2.52 bits per heavy atom. The number of carbonyl (C=O) groups is 1. The van der Waals surface area contributed by atoms with Crippen LogP contribution in [0.3, 0.4) is 0 Å². The molecule has 3 N–H and O–H groups in total. The number of hydrogen-bond donors (Lipinski definition) is 3. The predicted octanol–water partition coefficient (Wildman–Crippen LogP) is 3.82. The van der Waals surface area contributed by atoms with E-state index in [1.165, 1.54) is 6.07 Å². The van der Waals surface area contributed by atoms with E-state index in [0.717, 1.165) is 42.7 Å². The summed E-state index contributed by atoms with van der Waals surface area (Å²) in [6, 6.07) is 9.75. The van der Waals surface area contributed by atoms with Crippen LogP contribution in [0.1, 0.15) is 22.3 Å². The van der Waals surface area contributed by atoms with E-state index in [2.05, 4.69) is 52.4 Å². The Bertz CT molecular complexity index is 1570. The number of nitrogens with one attached hydrogen (secondary N) is 3. The molecule has 4 heterocycles. The summed E-state index contributed by atoms with van der Waals surface area (Å²) < 4.78 is 44.5. The number of nitrogens with zero attached hydrogens (tertiary/aromatic N) is 5. The average Bonchev–Trinajstić information content (AvgIpc) is 3.40. The molecule has 42 heavy (non-hydrogen) atoms. The van der Waals surface area contributed by atoms with Crippen molar-refractivity contribution in [3.63, 3.8) is 0 Å². The van der Waals surface area contributed by atoms with Gasteiger partial charge in [-0.05, 0) is 42.9 Å². The first-order chi connectivity index (χ1) is 20.2. The number of anilines is 2. The highest BCUT2D eigenvalue weighted by Crippen LogP contribution is 2.34. The molecule has 1 saturated heterocycles. The van der Waals surface area contributed by atoms with Crippen LogP contribution in [0.25, 0.3) is 11.0 Å². The third-order valence-electron chi connectivity index (χ3n) is 6.59. The van der Waals surface area contributed by atoms with Crippen LogP contribution in [0.5, 0.6) is 5.88 Å². The van der Waals surface area contributed by atoms with Gasteiger partial charge in [-0.2, -0.15) is 13.2 Å². The van der Waals surface area contributed by atoms with Crippen molar-refractivity contribution < 1.29 is 22.7 Å². The lowest BCUT2D eigenvalue weighted by molar-refractivity contribution is -0.138. The third-order valence-corrected chi connectivity index (χ3v) is 6.59. The fourth-order valence-corrected chi connectivity index (χ4v) is 4.28. The number of alkyl halides is 3. The van der Waals surface area contributed by atoms with Gasteiger partial charge in [0.2, 0.25) is 12.3 Å². The fourth-order valence-electron chi connectivity index (χ4n) is 4.28. The van der Waals surface area contributed by atoms with Gasteiger partial charge < -0.3 is 20.3 Å². The largest absolute Gasteiger partial charge is 0.479 e. The van der Waals surface area contributed by atoms with Crippen molar-refractivity contribution in [2.75, 3.05) is 58.0 Å². The highest BCUT2D eigenvalue weighted by molar-refractivity contribution is 5.81. The summed E-state index contributed by atoms with van der Waals surface area (Å²) in [4.78, 5) is 22.9. The molecule has 0 unspecified atom stereocenters. The Hall–Kier alpha value is -4.67. The highest BCUT2D eigenvalue weighted by Gasteiger charge is 2.34. The van der Waals surface area contributed by atoms with Crippen LogP contribution < -0.4 is 15.4 Å². The Labute approximate surface area is 241 Å². The molecule has 13 heteroatoms. The molecule has 4 aromatic rings. The number of aromatic nitrogens is 4. The number of H-pyrrole nitrogens is 1. The molecule has 1 amide bonds. The number of piperazine rings is 1. The minimum atomic E-state index is -4.31. The number of rotatable bonds is 6. The van der Waals surface area contributed by atoms with Crippen LogP contribution in [0, 0.1) is 11.8 Å². The summed E-state index contributed by atoms with van der Waals surface area (Å²) in [7, 11) is 5.20. The van der Waals surface area contributed by atoms with Gasteiger partial charge in [0.05, 0.1) is 18.1 Å². The summed E-state index contributed by atoms with van der Waals surface area (Å²) >= 11 is 0. The molecule has 0 saturated carbocycles. The molecule has 0 bridgehead atoms. The summed E-state index contributed by atoms with van der Waals surface area (Å²) in [5.74, 6) is 6.94. The van der Waals surface area contributed by atoms with Gasteiger partial charge in [-0.3, -0.25) is 14.8 Å². The predicted molar refractivity (Wildman–Crippen MR) is 154 cm³/mol. The lowest BCUT2D eigenvalue weighted by Gasteiger charge is -2.33. The number of likely N-dealkylation sites (N-methyl/N-ethyl adjacent to an activating group) is 1. The number of pyridine rings is 2. The summed E-state index contributed by atoms with van der Waals surface area (Å²) in [6.07, 6.45) is -0.507. The van der Waals surface area contributed by atoms with Gasteiger partial charge in [0.25, 0.3) is 0 Å². The minimum absolute atomic E-state index is 0.348. The first kappa shape index (κ1) is 30.3. The zero-order valence-corrected chi connectivity index (χ0v) is 23.4. The van der Waals surface area contributed by atoms with Crippen LogP contribution in [-0.2, 0) is 17.5 Å². The lowest BCUT2D eigenvalue weighted by Crippen LogP contribution is -2.44. The number of aromatic amines is 1. The zero-order valence-electron chi connectivity index (χ0n) is 23.4. The number of methoxy groups -OCH3 is 1. The molecule has 1 aliphatic heterocycles. The van der Waals surface area contributed by atoms with E-state index < -0.39 is 11.7 Å². The second-order valence-corrected chi connectivity index (χ2v) is 9.49. The second kappa shape index (κ2) is 13.8. The van der Waals surface area contributed by atoms with Crippen LogP contribution >= 0.6 is 0 Å². The second-order valence-electron chi connectivity index (χ2n) is 9.49. The Balaban J connectivity index is 0.000000194.